The lowest BCUT2D eigenvalue weighted by Gasteiger charge is -2.54. The molecule has 2 aliphatic heterocycles. The minimum atomic E-state index is -3.22. The predicted octanol–water partition coefficient (Wildman–Crippen LogP) is 6.00. The second-order valence-corrected chi connectivity index (χ2v) is 13.9. The molecule has 2 saturated carbocycles. The van der Waals surface area contributed by atoms with Crippen molar-refractivity contribution in [3.8, 4) is 0 Å². The molecule has 6 atom stereocenters. The summed E-state index contributed by atoms with van der Waals surface area (Å²) in [4.78, 5) is 0. The van der Waals surface area contributed by atoms with E-state index in [1.807, 2.05) is 0 Å². The van der Waals surface area contributed by atoms with Gasteiger partial charge in [-0.15, -0.1) is 0 Å². The molecule has 0 amide bonds. The van der Waals surface area contributed by atoms with Gasteiger partial charge in [-0.05, 0) is 96.1 Å². The molecule has 35 heavy (non-hydrogen) atoms. The van der Waals surface area contributed by atoms with Crippen molar-refractivity contribution in [3.05, 3.63) is 71.3 Å². The van der Waals surface area contributed by atoms with E-state index in [0.29, 0.717) is 11.8 Å². The van der Waals surface area contributed by atoms with Crippen LogP contribution in [0.3, 0.4) is 0 Å². The average molecular weight is 490 g/mol. The van der Waals surface area contributed by atoms with Gasteiger partial charge in [0.25, 0.3) is 0 Å². The van der Waals surface area contributed by atoms with E-state index in [1.165, 1.54) is 46.6 Å². The fraction of sp³-hybridized carbons (Fsp3) is 0.533. The van der Waals surface area contributed by atoms with E-state index in [2.05, 4.69) is 66.3 Å². The zero-order valence-corrected chi connectivity index (χ0v) is 21.5. The van der Waals surface area contributed by atoms with E-state index in [9.17, 15) is 8.42 Å². The summed E-state index contributed by atoms with van der Waals surface area (Å²) in [5, 5.41) is 2.64. The lowest BCUT2D eigenvalue weighted by atomic mass is 9.58. The molecule has 5 aliphatic rings. The van der Waals surface area contributed by atoms with Crippen LogP contribution in [0.1, 0.15) is 69.8 Å². The van der Waals surface area contributed by atoms with Gasteiger partial charge in [-0.2, -0.15) is 0 Å². The van der Waals surface area contributed by atoms with Gasteiger partial charge in [0, 0.05) is 6.04 Å². The molecule has 2 aromatic rings. The van der Waals surface area contributed by atoms with Gasteiger partial charge < -0.3 is 4.74 Å². The summed E-state index contributed by atoms with van der Waals surface area (Å²) in [6, 6.07) is 15.7. The van der Waals surface area contributed by atoms with Gasteiger partial charge in [0.15, 0.2) is 0 Å². The second-order valence-electron chi connectivity index (χ2n) is 12.1. The number of fused-ring (bicyclic) bond motifs is 2. The van der Waals surface area contributed by atoms with Gasteiger partial charge in [0.1, 0.15) is 0 Å². The normalized spacial score (nSPS) is 40.0. The van der Waals surface area contributed by atoms with E-state index >= 15 is 0 Å². The SMILES string of the molecule is C[C@]12CC=C3C=C4CC[C@H](NS(C)(=O)=O)C[C@]45CCC3(O5)[C@@H]1CCC2c1ccc2ccccc2c1. The number of hydrogen-bond acceptors (Lipinski definition) is 3. The van der Waals surface area contributed by atoms with Crippen LogP contribution in [0.25, 0.3) is 10.8 Å². The first-order chi connectivity index (χ1) is 16.7. The minimum absolute atomic E-state index is 0.0354. The molecule has 2 heterocycles. The molecule has 5 heteroatoms. The quantitative estimate of drug-likeness (QED) is 0.575. The van der Waals surface area contributed by atoms with Crippen molar-refractivity contribution in [1.29, 1.82) is 0 Å². The van der Waals surface area contributed by atoms with Gasteiger partial charge in [-0.3, -0.25) is 0 Å². The van der Waals surface area contributed by atoms with Crippen LogP contribution in [0, 0.1) is 11.3 Å². The number of allylic oxidation sites excluding steroid dienone is 1. The number of hydrogen-bond donors (Lipinski definition) is 1. The zero-order valence-electron chi connectivity index (χ0n) is 20.7. The monoisotopic (exact) mass is 489 g/mol. The molecule has 184 valence electrons. The molecule has 2 bridgehead atoms. The fourth-order valence-electron chi connectivity index (χ4n) is 8.78. The maximum Gasteiger partial charge on any atom is 0.208 e. The van der Waals surface area contributed by atoms with E-state index in [1.54, 1.807) is 0 Å². The third kappa shape index (κ3) is 3.20. The maximum atomic E-state index is 12.0. The first kappa shape index (κ1) is 22.3. The molecular weight excluding hydrogens is 454 g/mol. The smallest absolute Gasteiger partial charge is 0.208 e. The molecule has 0 aromatic heterocycles. The van der Waals surface area contributed by atoms with E-state index < -0.39 is 10.0 Å². The highest BCUT2D eigenvalue weighted by atomic mass is 32.2. The highest BCUT2D eigenvalue weighted by Crippen LogP contribution is 2.69. The van der Waals surface area contributed by atoms with Gasteiger partial charge >= 0.3 is 0 Å². The average Bonchev–Trinajstić information content (AvgIpc) is 3.33. The van der Waals surface area contributed by atoms with Crippen LogP contribution in [0.15, 0.2) is 65.8 Å². The van der Waals surface area contributed by atoms with Gasteiger partial charge in [-0.25, -0.2) is 13.1 Å². The highest BCUT2D eigenvalue weighted by Gasteiger charge is 2.66. The molecule has 3 fully saturated rings. The summed E-state index contributed by atoms with van der Waals surface area (Å²) in [5.74, 6) is 1.02. The van der Waals surface area contributed by atoms with Crippen molar-refractivity contribution in [2.75, 3.05) is 6.26 Å². The minimum Gasteiger partial charge on any atom is -0.359 e. The van der Waals surface area contributed by atoms with Gasteiger partial charge in [-0.1, -0.05) is 61.5 Å². The van der Waals surface area contributed by atoms with Crippen LogP contribution < -0.4 is 4.72 Å². The van der Waals surface area contributed by atoms with Crippen molar-refractivity contribution in [3.63, 3.8) is 0 Å². The lowest BCUT2D eigenvalue weighted by Crippen LogP contribution is -2.55. The Morgan fingerprint density at radius 3 is 2.69 bits per heavy atom. The Morgan fingerprint density at radius 2 is 1.86 bits per heavy atom. The molecule has 1 saturated heterocycles. The highest BCUT2D eigenvalue weighted by molar-refractivity contribution is 7.88. The Kier molecular flexibility index (Phi) is 4.64. The lowest BCUT2D eigenvalue weighted by molar-refractivity contribution is -0.135. The number of rotatable bonds is 3. The largest absolute Gasteiger partial charge is 0.359 e. The Balaban J connectivity index is 1.24. The van der Waals surface area contributed by atoms with Gasteiger partial charge in [0.2, 0.25) is 10.0 Å². The topological polar surface area (TPSA) is 55.4 Å². The Morgan fingerprint density at radius 1 is 1.03 bits per heavy atom. The third-order valence-corrected chi connectivity index (χ3v) is 11.0. The summed E-state index contributed by atoms with van der Waals surface area (Å²) in [6.45, 7) is 2.51. The first-order valence-corrected chi connectivity index (χ1v) is 15.2. The first-order valence-electron chi connectivity index (χ1n) is 13.3. The van der Waals surface area contributed by atoms with Crippen LogP contribution in [0.4, 0.5) is 0 Å². The van der Waals surface area contributed by atoms with Crippen molar-refractivity contribution in [1.82, 2.24) is 4.72 Å². The molecule has 1 N–H and O–H groups in total. The van der Waals surface area contributed by atoms with Crippen molar-refractivity contribution < 1.29 is 13.2 Å². The van der Waals surface area contributed by atoms with Crippen LogP contribution in [0.5, 0.6) is 0 Å². The molecule has 4 nitrogen and oxygen atoms in total. The van der Waals surface area contributed by atoms with Crippen LogP contribution >= 0.6 is 0 Å². The van der Waals surface area contributed by atoms with Gasteiger partial charge in [0.05, 0.1) is 17.5 Å². The summed E-state index contributed by atoms with van der Waals surface area (Å²) < 4.78 is 34.1. The molecule has 7 rings (SSSR count). The summed E-state index contributed by atoms with van der Waals surface area (Å²) in [6.07, 6.45) is 14.3. The number of sulfonamides is 1. The van der Waals surface area contributed by atoms with Crippen molar-refractivity contribution >= 4 is 20.8 Å². The van der Waals surface area contributed by atoms with Crippen molar-refractivity contribution in [2.45, 2.75) is 81.5 Å². The second kappa shape index (κ2) is 7.30. The van der Waals surface area contributed by atoms with Crippen LogP contribution in [-0.4, -0.2) is 31.9 Å². The third-order valence-electron chi connectivity index (χ3n) is 10.2. The summed E-state index contributed by atoms with van der Waals surface area (Å²) in [7, 11) is -3.22. The molecule has 2 aromatic carbocycles. The van der Waals surface area contributed by atoms with Crippen molar-refractivity contribution in [2.24, 2.45) is 11.3 Å². The molecule has 2 unspecified atom stereocenters. The maximum absolute atomic E-state index is 12.0. The molecule has 2 spiro atoms. The van der Waals surface area contributed by atoms with Crippen LogP contribution in [0.2, 0.25) is 0 Å². The Hall–Kier alpha value is -1.95. The van der Waals surface area contributed by atoms with E-state index in [0.717, 1.165) is 38.5 Å². The Bertz CT molecular complexity index is 1390. The summed E-state index contributed by atoms with van der Waals surface area (Å²) >= 11 is 0. The standard InChI is InChI=1S/C30H35NO3S/c1-28-14-13-24-18-23-9-10-25(31-35(2,32)33)19-29(23)15-16-30(24,34-29)27(28)12-11-26(28)22-8-7-20-5-3-4-6-21(20)17-22/h3-8,13,17-18,25-27,31H,9-12,14-16,19H2,1-2H3/t25-,26?,27+,28+,29+,30?/m0/s1. The van der Waals surface area contributed by atoms with E-state index in [4.69, 9.17) is 4.74 Å². The molecular formula is C30H35NO3S. The van der Waals surface area contributed by atoms with Crippen LogP contribution in [-0.2, 0) is 14.8 Å². The molecule has 0 radical (unpaired) electrons. The summed E-state index contributed by atoms with van der Waals surface area (Å²) in [5.41, 5.74) is 3.94. The predicted molar refractivity (Wildman–Crippen MR) is 140 cm³/mol. The van der Waals surface area contributed by atoms with E-state index in [-0.39, 0.29) is 22.7 Å². The number of ether oxygens (including phenoxy) is 1. The number of benzene rings is 2. The Labute approximate surface area is 208 Å². The number of nitrogens with one attached hydrogen (secondary N) is 1. The molecule has 3 aliphatic carbocycles. The fourth-order valence-corrected chi connectivity index (χ4v) is 9.59. The zero-order chi connectivity index (χ0) is 24.1.